The number of nitrogens with zero attached hydrogens (tertiary/aromatic N) is 2. The Hall–Kier alpha value is -3.58. The highest BCUT2D eigenvalue weighted by Crippen LogP contribution is 2.24. The number of rotatable bonds is 9. The van der Waals surface area contributed by atoms with E-state index < -0.39 is 5.91 Å². The van der Waals surface area contributed by atoms with Gasteiger partial charge < -0.3 is 15.8 Å². The Morgan fingerprint density at radius 1 is 1.14 bits per heavy atom. The summed E-state index contributed by atoms with van der Waals surface area (Å²) in [5.41, 5.74) is 8.43. The van der Waals surface area contributed by atoms with Crippen LogP contribution in [0, 0.1) is 0 Å². The second-order valence-corrected chi connectivity index (χ2v) is 6.93. The number of nitrogens with one attached hydrogen (secondary N) is 2. The molecule has 0 aliphatic heterocycles. The Balaban J connectivity index is 1.68. The number of carbonyl (C=O) groups is 1. The number of nitrogens with two attached hydrogens (primary N) is 1. The molecule has 0 spiro atoms. The van der Waals surface area contributed by atoms with Gasteiger partial charge in [0.15, 0.2) is 0 Å². The quantitative estimate of drug-likeness (QED) is 0.355. The van der Waals surface area contributed by atoms with Gasteiger partial charge in [0.2, 0.25) is 0 Å². The van der Waals surface area contributed by atoms with E-state index in [1.54, 1.807) is 24.3 Å². The molecule has 1 aromatic heterocycles. The number of aromatic nitrogens is 2. The Kier molecular flexibility index (Phi) is 6.65. The number of para-hydroxylation sites is 1. The summed E-state index contributed by atoms with van der Waals surface area (Å²) in [6.07, 6.45) is 6.81. The van der Waals surface area contributed by atoms with Crippen molar-refractivity contribution in [1.29, 1.82) is 0 Å². The minimum atomic E-state index is -0.510. The Labute approximate surface area is 173 Å². The highest BCUT2D eigenvalue weighted by molar-refractivity contribution is 8.04. The van der Waals surface area contributed by atoms with E-state index in [0.29, 0.717) is 23.4 Å². The van der Waals surface area contributed by atoms with E-state index in [1.807, 2.05) is 36.4 Å². The van der Waals surface area contributed by atoms with Crippen LogP contribution in [-0.4, -0.2) is 15.9 Å². The van der Waals surface area contributed by atoms with Gasteiger partial charge in [-0.15, -0.1) is 0 Å². The van der Waals surface area contributed by atoms with Gasteiger partial charge in [0.1, 0.15) is 12.1 Å². The minimum absolute atomic E-state index is 0.380. The summed E-state index contributed by atoms with van der Waals surface area (Å²) in [4.78, 5) is 21.1. The maximum absolute atomic E-state index is 11.6. The Bertz CT molecular complexity index is 1080. The van der Waals surface area contributed by atoms with Crippen LogP contribution in [0.15, 0.2) is 85.1 Å². The third-order valence-electron chi connectivity index (χ3n) is 4.11. The average Bonchev–Trinajstić information content (AvgIpc) is 2.75. The number of fused-ring (bicyclic) bond motifs is 1. The summed E-state index contributed by atoms with van der Waals surface area (Å²) < 4.78 is 3.27. The van der Waals surface area contributed by atoms with Gasteiger partial charge in [0, 0.05) is 22.5 Å². The predicted octanol–water partition coefficient (Wildman–Crippen LogP) is 4.66. The fraction of sp³-hybridized carbons (Fsp3) is 0.0455. The van der Waals surface area contributed by atoms with Crippen molar-refractivity contribution in [2.75, 3.05) is 10.0 Å². The second-order valence-electron chi connectivity index (χ2n) is 6.05. The molecule has 3 rings (SSSR count). The Morgan fingerprint density at radius 3 is 2.62 bits per heavy atom. The molecule has 0 unspecified atom stereocenters. The van der Waals surface area contributed by atoms with Gasteiger partial charge in [-0.2, -0.15) is 0 Å². The lowest BCUT2D eigenvalue weighted by Gasteiger charge is -2.11. The lowest BCUT2D eigenvalue weighted by molar-refractivity contribution is 0.100. The molecule has 6 nitrogen and oxygen atoms in total. The first-order valence-corrected chi connectivity index (χ1v) is 9.68. The zero-order valence-corrected chi connectivity index (χ0v) is 16.6. The number of anilines is 2. The summed E-state index contributed by atoms with van der Waals surface area (Å²) in [7, 11) is 0. The molecule has 0 saturated heterocycles. The van der Waals surface area contributed by atoms with E-state index in [2.05, 4.69) is 33.2 Å². The van der Waals surface area contributed by atoms with Crippen LogP contribution in [0.2, 0.25) is 0 Å². The van der Waals surface area contributed by atoms with Gasteiger partial charge in [0.05, 0.1) is 11.1 Å². The van der Waals surface area contributed by atoms with Crippen molar-refractivity contribution >= 4 is 40.3 Å². The standard InChI is InChI=1S/C22H21N5OS/c1-3-6-17(4-2)29-27-16-11-9-15(10-12-16)13-24-22-19-8-5-7-18(21(23)28)20(19)25-14-26-22/h3-12,14,27H,1-2,13H2,(H2,23,28)(H,24,25,26)/b17-6+. The molecule has 29 heavy (non-hydrogen) atoms. The van der Waals surface area contributed by atoms with Gasteiger partial charge in [-0.25, -0.2) is 9.97 Å². The molecule has 0 fully saturated rings. The van der Waals surface area contributed by atoms with E-state index in [4.69, 9.17) is 5.73 Å². The van der Waals surface area contributed by atoms with Crippen molar-refractivity contribution in [3.8, 4) is 0 Å². The zero-order valence-electron chi connectivity index (χ0n) is 15.8. The van der Waals surface area contributed by atoms with Crippen LogP contribution in [0.25, 0.3) is 10.9 Å². The lowest BCUT2D eigenvalue weighted by atomic mass is 10.1. The summed E-state index contributed by atoms with van der Waals surface area (Å²) in [5, 5.41) is 4.06. The largest absolute Gasteiger partial charge is 0.366 e. The number of hydrogen-bond donors (Lipinski definition) is 3. The van der Waals surface area contributed by atoms with Crippen LogP contribution in [0.4, 0.5) is 11.5 Å². The fourth-order valence-electron chi connectivity index (χ4n) is 2.68. The zero-order chi connectivity index (χ0) is 20.6. The van der Waals surface area contributed by atoms with Crippen molar-refractivity contribution in [1.82, 2.24) is 9.97 Å². The molecular weight excluding hydrogens is 382 g/mol. The SMILES string of the molecule is C=C/C=C(\C=C)SNc1ccc(CNc2ncnc3c(C(N)=O)cccc23)cc1. The first-order chi connectivity index (χ1) is 14.1. The molecule has 0 radical (unpaired) electrons. The van der Waals surface area contributed by atoms with E-state index in [0.717, 1.165) is 21.5 Å². The highest BCUT2D eigenvalue weighted by atomic mass is 32.2. The topological polar surface area (TPSA) is 92.9 Å². The summed E-state index contributed by atoms with van der Waals surface area (Å²) in [6, 6.07) is 13.4. The molecule has 0 aliphatic carbocycles. The van der Waals surface area contributed by atoms with E-state index >= 15 is 0 Å². The number of carbonyl (C=O) groups excluding carboxylic acids is 1. The smallest absolute Gasteiger partial charge is 0.250 e. The monoisotopic (exact) mass is 403 g/mol. The van der Waals surface area contributed by atoms with Crippen molar-refractivity contribution < 1.29 is 4.79 Å². The van der Waals surface area contributed by atoms with E-state index in [9.17, 15) is 4.79 Å². The number of hydrogen-bond acceptors (Lipinski definition) is 6. The lowest BCUT2D eigenvalue weighted by Crippen LogP contribution is -2.12. The van der Waals surface area contributed by atoms with Crippen LogP contribution in [0.3, 0.4) is 0 Å². The second kappa shape index (κ2) is 9.57. The molecule has 1 heterocycles. The van der Waals surface area contributed by atoms with Crippen molar-refractivity contribution in [2.45, 2.75) is 6.54 Å². The summed E-state index contributed by atoms with van der Waals surface area (Å²) in [6.45, 7) is 8.04. The van der Waals surface area contributed by atoms with E-state index in [1.165, 1.54) is 18.3 Å². The molecule has 1 amide bonds. The normalized spacial score (nSPS) is 11.1. The highest BCUT2D eigenvalue weighted by Gasteiger charge is 2.10. The molecule has 0 saturated carbocycles. The molecular formula is C22H21N5OS. The first-order valence-electron chi connectivity index (χ1n) is 8.86. The molecule has 2 aromatic carbocycles. The van der Waals surface area contributed by atoms with Gasteiger partial charge in [-0.3, -0.25) is 4.79 Å². The van der Waals surface area contributed by atoms with Crippen LogP contribution in [0.1, 0.15) is 15.9 Å². The minimum Gasteiger partial charge on any atom is -0.366 e. The fourth-order valence-corrected chi connectivity index (χ4v) is 3.30. The molecule has 3 aromatic rings. The van der Waals surface area contributed by atoms with Crippen molar-refractivity contribution in [2.24, 2.45) is 5.73 Å². The van der Waals surface area contributed by atoms with E-state index in [-0.39, 0.29) is 0 Å². The van der Waals surface area contributed by atoms with Crippen LogP contribution in [-0.2, 0) is 6.54 Å². The number of amides is 1. The molecule has 0 aliphatic rings. The average molecular weight is 404 g/mol. The summed E-state index contributed by atoms with van der Waals surface area (Å²) >= 11 is 1.47. The van der Waals surface area contributed by atoms with Crippen molar-refractivity contribution in [3.63, 3.8) is 0 Å². The van der Waals surface area contributed by atoms with Gasteiger partial charge in [-0.05, 0) is 47.9 Å². The maximum atomic E-state index is 11.6. The molecule has 0 atom stereocenters. The third-order valence-corrected chi connectivity index (χ3v) is 4.99. The molecule has 146 valence electrons. The summed E-state index contributed by atoms with van der Waals surface area (Å²) in [5.74, 6) is 0.143. The molecule has 7 heteroatoms. The molecule has 0 bridgehead atoms. The predicted molar refractivity (Wildman–Crippen MR) is 122 cm³/mol. The van der Waals surface area contributed by atoms with Crippen LogP contribution in [0.5, 0.6) is 0 Å². The van der Waals surface area contributed by atoms with Gasteiger partial charge in [0.25, 0.3) is 5.91 Å². The van der Waals surface area contributed by atoms with Gasteiger partial charge >= 0.3 is 0 Å². The third kappa shape index (κ3) is 5.03. The van der Waals surface area contributed by atoms with Crippen molar-refractivity contribution in [3.05, 3.63) is 96.2 Å². The molecule has 4 N–H and O–H groups in total. The van der Waals surface area contributed by atoms with Gasteiger partial charge in [-0.1, -0.05) is 43.5 Å². The Morgan fingerprint density at radius 2 is 1.93 bits per heavy atom. The number of primary amides is 1. The number of allylic oxidation sites excluding steroid dienone is 3. The van der Waals surface area contributed by atoms with Crippen LogP contribution < -0.4 is 15.8 Å². The number of benzene rings is 2. The first kappa shape index (κ1) is 20.2. The van der Waals surface area contributed by atoms with Crippen LogP contribution >= 0.6 is 11.9 Å². The maximum Gasteiger partial charge on any atom is 0.250 e.